The van der Waals surface area contributed by atoms with Crippen LogP contribution in [0.2, 0.25) is 0 Å². The van der Waals surface area contributed by atoms with Crippen LogP contribution in [0.25, 0.3) is 50.1 Å². The normalized spacial score (nSPS) is 12.1. The van der Waals surface area contributed by atoms with Gasteiger partial charge >= 0.3 is 0 Å². The number of rotatable bonds is 11. The smallest absolute Gasteiger partial charge is 0.0536 e. The summed E-state index contributed by atoms with van der Waals surface area (Å²) in [5.41, 5.74) is 18.8. The van der Waals surface area contributed by atoms with Gasteiger partial charge in [0, 0.05) is 34.0 Å². The Hall–Kier alpha value is -7.94. The first-order chi connectivity index (χ1) is 30.8. The average Bonchev–Trinajstić information content (AvgIpc) is 3.36. The zero-order valence-corrected chi connectivity index (χ0v) is 34.6. The maximum Gasteiger partial charge on any atom is 0.0536 e. The Kier molecular flexibility index (Phi) is 10.9. The van der Waals surface area contributed by atoms with Gasteiger partial charge in [0.25, 0.3) is 0 Å². The van der Waals surface area contributed by atoms with E-state index < -0.39 is 0 Å². The number of anilines is 6. The quantitative estimate of drug-likeness (QED) is 0.129. The Morgan fingerprint density at radius 1 is 0.290 bits per heavy atom. The van der Waals surface area contributed by atoms with Gasteiger partial charge in [0.15, 0.2) is 0 Å². The predicted molar refractivity (Wildman–Crippen MR) is 264 cm³/mol. The molecule has 1 aliphatic carbocycles. The van der Waals surface area contributed by atoms with Crippen LogP contribution in [0.15, 0.2) is 255 Å². The first-order valence-electron chi connectivity index (χ1n) is 21.5. The maximum atomic E-state index is 2.39. The summed E-state index contributed by atoms with van der Waals surface area (Å²) in [6.45, 7) is 0. The summed E-state index contributed by atoms with van der Waals surface area (Å²) in [5, 5.41) is 0. The van der Waals surface area contributed by atoms with Crippen molar-refractivity contribution in [2.45, 2.75) is 12.8 Å². The van der Waals surface area contributed by atoms with E-state index in [0.29, 0.717) is 0 Å². The molecule has 0 fully saturated rings. The van der Waals surface area contributed by atoms with Gasteiger partial charge in [-0.15, -0.1) is 0 Å². The lowest BCUT2D eigenvalue weighted by Gasteiger charge is -2.29. The van der Waals surface area contributed by atoms with Crippen molar-refractivity contribution in [2.24, 2.45) is 0 Å². The van der Waals surface area contributed by atoms with Crippen LogP contribution in [0.5, 0.6) is 0 Å². The second-order valence-corrected chi connectivity index (χ2v) is 15.7. The topological polar surface area (TPSA) is 6.48 Å². The second-order valence-electron chi connectivity index (χ2n) is 15.7. The van der Waals surface area contributed by atoms with E-state index in [1.165, 1.54) is 55.8 Å². The lowest BCUT2D eigenvalue weighted by atomic mass is 9.93. The van der Waals surface area contributed by atoms with E-state index in [9.17, 15) is 0 Å². The molecule has 62 heavy (non-hydrogen) atoms. The molecule has 2 heteroatoms. The minimum absolute atomic E-state index is 1.03. The van der Waals surface area contributed by atoms with Gasteiger partial charge in [0.2, 0.25) is 0 Å². The molecule has 296 valence electrons. The highest BCUT2D eigenvalue weighted by Crippen LogP contribution is 2.44. The Morgan fingerprint density at radius 3 is 1.26 bits per heavy atom. The summed E-state index contributed by atoms with van der Waals surface area (Å²) < 4.78 is 0. The molecule has 9 aromatic rings. The molecule has 0 heterocycles. The Bertz CT molecular complexity index is 2870. The molecule has 0 unspecified atom stereocenters. The van der Waals surface area contributed by atoms with E-state index in [-0.39, 0.29) is 0 Å². The van der Waals surface area contributed by atoms with Crippen LogP contribution in [-0.4, -0.2) is 0 Å². The molecule has 0 saturated heterocycles. The molecular weight excluding hydrogens is 749 g/mol. The minimum Gasteiger partial charge on any atom is -0.310 e. The highest BCUT2D eigenvalue weighted by Gasteiger charge is 2.20. The average molecular weight is 795 g/mol. The molecule has 0 radical (unpaired) electrons. The van der Waals surface area contributed by atoms with Crippen LogP contribution >= 0.6 is 0 Å². The van der Waals surface area contributed by atoms with Crippen molar-refractivity contribution in [2.75, 3.05) is 9.80 Å². The highest BCUT2D eigenvalue weighted by molar-refractivity contribution is 5.91. The molecule has 0 spiro atoms. The molecule has 0 bridgehead atoms. The molecule has 0 atom stereocenters. The fraction of sp³-hybridized carbons (Fsp3) is 0.0333. The van der Waals surface area contributed by atoms with Crippen molar-refractivity contribution in [1.82, 2.24) is 0 Å². The van der Waals surface area contributed by atoms with Crippen LogP contribution in [0.3, 0.4) is 0 Å². The molecule has 1 aliphatic rings. The first-order valence-corrected chi connectivity index (χ1v) is 21.5. The number of nitrogens with zero attached hydrogens (tertiary/aromatic N) is 2. The van der Waals surface area contributed by atoms with E-state index in [1.807, 2.05) is 0 Å². The molecular formula is C60H46N2. The summed E-state index contributed by atoms with van der Waals surface area (Å²) in [4.78, 5) is 4.76. The van der Waals surface area contributed by atoms with Gasteiger partial charge in [0.1, 0.15) is 0 Å². The Balaban J connectivity index is 1.07. The van der Waals surface area contributed by atoms with Crippen LogP contribution in [0.1, 0.15) is 18.4 Å². The van der Waals surface area contributed by atoms with Crippen molar-refractivity contribution >= 4 is 39.7 Å². The zero-order valence-electron chi connectivity index (χ0n) is 34.6. The standard InChI is InChI=1S/C60H46N2/c1-6-18-45(19-7-1)47-30-36-53(37-31-47)61(54-38-32-48(33-39-54)46-20-8-2-9-21-46)56-42-43-57(59(44-56)50-24-12-4-13-25-50)51-34-40-55(41-35-51)62(52-26-14-5-15-27-52)60-29-17-16-28-58(60)49-22-10-3-11-23-49/h1-10,12-22,24-44H,11,23H2. The van der Waals surface area contributed by atoms with Crippen LogP contribution in [0, 0.1) is 0 Å². The Labute approximate surface area is 365 Å². The summed E-state index contributed by atoms with van der Waals surface area (Å²) in [6.07, 6.45) is 8.80. The molecule has 2 nitrogen and oxygen atoms in total. The van der Waals surface area contributed by atoms with Crippen molar-refractivity contribution in [3.63, 3.8) is 0 Å². The predicted octanol–water partition coefficient (Wildman–Crippen LogP) is 17.0. The number of benzene rings is 9. The van der Waals surface area contributed by atoms with Crippen molar-refractivity contribution in [3.8, 4) is 44.5 Å². The lowest BCUT2D eigenvalue weighted by molar-refractivity contribution is 1.05. The Morgan fingerprint density at radius 2 is 0.710 bits per heavy atom. The third-order valence-corrected chi connectivity index (χ3v) is 11.8. The SMILES string of the molecule is C1=CCCC(c2ccccc2N(c2ccccc2)c2ccc(-c3ccc(N(c4ccc(-c5ccccc5)cc4)c4ccc(-c5ccccc5)cc4)cc3-c3ccccc3)cc2)=C1. The van der Waals surface area contributed by atoms with E-state index in [4.69, 9.17) is 0 Å². The van der Waals surface area contributed by atoms with Crippen molar-refractivity contribution in [3.05, 3.63) is 260 Å². The number of allylic oxidation sites excluding steroid dienone is 4. The van der Waals surface area contributed by atoms with E-state index >= 15 is 0 Å². The molecule has 0 aromatic heterocycles. The van der Waals surface area contributed by atoms with Gasteiger partial charge in [-0.25, -0.2) is 0 Å². The number of para-hydroxylation sites is 2. The van der Waals surface area contributed by atoms with Gasteiger partial charge in [0.05, 0.1) is 5.69 Å². The summed E-state index contributed by atoms with van der Waals surface area (Å²) >= 11 is 0. The highest BCUT2D eigenvalue weighted by atomic mass is 15.1. The van der Waals surface area contributed by atoms with Crippen molar-refractivity contribution < 1.29 is 0 Å². The molecule has 0 saturated carbocycles. The van der Waals surface area contributed by atoms with E-state index in [2.05, 4.69) is 265 Å². The van der Waals surface area contributed by atoms with Crippen LogP contribution < -0.4 is 9.80 Å². The third kappa shape index (κ3) is 8.02. The summed E-state index contributed by atoms with van der Waals surface area (Å²) in [6, 6.07) is 85.3. The largest absolute Gasteiger partial charge is 0.310 e. The molecule has 10 rings (SSSR count). The van der Waals surface area contributed by atoms with Gasteiger partial charge in [-0.2, -0.15) is 0 Å². The number of hydrogen-bond acceptors (Lipinski definition) is 2. The van der Waals surface area contributed by atoms with Gasteiger partial charge in [-0.3, -0.25) is 0 Å². The van der Waals surface area contributed by atoms with Crippen molar-refractivity contribution in [1.29, 1.82) is 0 Å². The van der Waals surface area contributed by atoms with E-state index in [1.54, 1.807) is 0 Å². The fourth-order valence-corrected chi connectivity index (χ4v) is 8.66. The number of hydrogen-bond donors (Lipinski definition) is 0. The van der Waals surface area contributed by atoms with Gasteiger partial charge in [-0.05, 0) is 130 Å². The summed E-state index contributed by atoms with van der Waals surface area (Å²) in [7, 11) is 0. The molecule has 0 N–H and O–H groups in total. The van der Waals surface area contributed by atoms with Gasteiger partial charge < -0.3 is 9.80 Å². The minimum atomic E-state index is 1.03. The van der Waals surface area contributed by atoms with Crippen LogP contribution in [0.4, 0.5) is 34.1 Å². The molecule has 0 aliphatic heterocycles. The first kappa shape index (κ1) is 38.3. The monoisotopic (exact) mass is 794 g/mol. The van der Waals surface area contributed by atoms with Gasteiger partial charge in [-0.1, -0.05) is 188 Å². The molecule has 0 amide bonds. The lowest BCUT2D eigenvalue weighted by Crippen LogP contribution is -2.12. The summed E-state index contributed by atoms with van der Waals surface area (Å²) in [5.74, 6) is 0. The third-order valence-electron chi connectivity index (χ3n) is 11.8. The zero-order chi connectivity index (χ0) is 41.5. The fourth-order valence-electron chi connectivity index (χ4n) is 8.66. The maximum absolute atomic E-state index is 2.39. The molecule has 9 aromatic carbocycles. The van der Waals surface area contributed by atoms with Crippen LogP contribution in [-0.2, 0) is 0 Å². The second kappa shape index (κ2) is 17.7. The van der Waals surface area contributed by atoms with E-state index in [0.717, 1.165) is 46.8 Å².